The minimum Gasteiger partial charge on any atom is -0.480 e. The van der Waals surface area contributed by atoms with Gasteiger partial charge in [0.25, 0.3) is 0 Å². The van der Waals surface area contributed by atoms with Crippen LogP contribution in [0.2, 0.25) is 0 Å². The summed E-state index contributed by atoms with van der Waals surface area (Å²) in [4.78, 5) is 10.8. The molecule has 1 rings (SSSR count). The normalized spacial score (nSPS) is 26.9. The number of hydrogen-bond acceptors (Lipinski definition) is 3. The molecule has 0 spiro atoms. The van der Waals surface area contributed by atoms with E-state index < -0.39 is 23.7 Å². The Kier molecular flexibility index (Phi) is 3.80. The van der Waals surface area contributed by atoms with Crippen LogP contribution in [-0.2, 0) is 4.79 Å². The first-order chi connectivity index (χ1) is 7.30. The van der Waals surface area contributed by atoms with Gasteiger partial charge in [-0.25, -0.2) is 4.79 Å². The van der Waals surface area contributed by atoms with Gasteiger partial charge in [0, 0.05) is 6.04 Å². The zero-order chi connectivity index (χ0) is 12.4. The molecule has 4 nitrogen and oxygen atoms in total. The quantitative estimate of drug-likeness (QED) is 0.669. The highest BCUT2D eigenvalue weighted by atomic mass is 19.4. The molecule has 2 atom stereocenters. The van der Waals surface area contributed by atoms with Crippen molar-refractivity contribution in [1.29, 1.82) is 0 Å². The average Bonchev–Trinajstić information content (AvgIpc) is 2.42. The maximum Gasteiger partial charge on any atom is 0.418 e. The summed E-state index contributed by atoms with van der Waals surface area (Å²) < 4.78 is 38.2. The number of nitrogens with two attached hydrogens (primary N) is 1. The fraction of sp³-hybridized carbons (Fsp3) is 0.889. The van der Waals surface area contributed by atoms with Crippen LogP contribution in [0.25, 0.3) is 0 Å². The first-order valence-corrected chi connectivity index (χ1v) is 5.12. The molecule has 2 unspecified atom stereocenters. The van der Waals surface area contributed by atoms with Crippen LogP contribution >= 0.6 is 0 Å². The third-order valence-electron chi connectivity index (χ3n) is 2.93. The number of aliphatic carboxylic acids is 1. The summed E-state index contributed by atoms with van der Waals surface area (Å²) in [5.41, 5.74) is 1.88. The number of rotatable bonds is 2. The fourth-order valence-electron chi connectivity index (χ4n) is 1.89. The van der Waals surface area contributed by atoms with Gasteiger partial charge >= 0.3 is 12.1 Å². The van der Waals surface area contributed by atoms with Crippen LogP contribution < -0.4 is 11.1 Å². The van der Waals surface area contributed by atoms with Gasteiger partial charge in [-0.2, -0.15) is 13.2 Å². The molecule has 1 aliphatic heterocycles. The standard InChI is InChI=1S/C9H15F3N2O2/c10-9(11,12)8(13,7(15)16)6-4-2-1-3-5-14-6/h6,14H,1-5,13H2,(H,15,16). The highest BCUT2D eigenvalue weighted by molar-refractivity contribution is 5.81. The molecular weight excluding hydrogens is 225 g/mol. The molecule has 0 saturated carbocycles. The number of halogens is 3. The number of carboxylic acids is 1. The highest BCUT2D eigenvalue weighted by Gasteiger charge is 2.62. The zero-order valence-corrected chi connectivity index (χ0v) is 8.68. The lowest BCUT2D eigenvalue weighted by atomic mass is 9.87. The van der Waals surface area contributed by atoms with Crippen molar-refractivity contribution in [3.05, 3.63) is 0 Å². The molecule has 0 aromatic heterocycles. The van der Waals surface area contributed by atoms with Gasteiger partial charge < -0.3 is 16.2 Å². The molecule has 1 heterocycles. The van der Waals surface area contributed by atoms with Crippen molar-refractivity contribution >= 4 is 5.97 Å². The molecule has 0 aromatic carbocycles. The molecule has 0 aromatic rings. The van der Waals surface area contributed by atoms with E-state index >= 15 is 0 Å². The third-order valence-corrected chi connectivity index (χ3v) is 2.93. The van der Waals surface area contributed by atoms with Gasteiger partial charge in [0.15, 0.2) is 0 Å². The fourth-order valence-corrected chi connectivity index (χ4v) is 1.89. The Morgan fingerprint density at radius 3 is 2.44 bits per heavy atom. The molecule has 4 N–H and O–H groups in total. The van der Waals surface area contributed by atoms with Crippen LogP contribution in [0.3, 0.4) is 0 Å². The molecule has 0 bridgehead atoms. The van der Waals surface area contributed by atoms with Gasteiger partial charge in [-0.1, -0.05) is 12.8 Å². The minimum atomic E-state index is -4.96. The van der Waals surface area contributed by atoms with Crippen LogP contribution in [0.15, 0.2) is 0 Å². The van der Waals surface area contributed by atoms with E-state index in [2.05, 4.69) is 5.32 Å². The average molecular weight is 240 g/mol. The van der Waals surface area contributed by atoms with Crippen molar-refractivity contribution in [2.75, 3.05) is 6.54 Å². The van der Waals surface area contributed by atoms with Gasteiger partial charge in [0.2, 0.25) is 5.54 Å². The summed E-state index contributed by atoms with van der Waals surface area (Å²) in [6, 6.07) is -1.26. The molecular formula is C9H15F3N2O2. The first kappa shape index (κ1) is 13.2. The molecule has 7 heteroatoms. The topological polar surface area (TPSA) is 75.4 Å². The van der Waals surface area contributed by atoms with Crippen LogP contribution in [0.5, 0.6) is 0 Å². The Bertz CT molecular complexity index is 262. The lowest BCUT2D eigenvalue weighted by Gasteiger charge is -2.35. The van der Waals surface area contributed by atoms with Crippen LogP contribution in [0.4, 0.5) is 13.2 Å². The Balaban J connectivity index is 2.96. The summed E-state index contributed by atoms with van der Waals surface area (Å²) in [6.07, 6.45) is -2.75. The van der Waals surface area contributed by atoms with Crippen molar-refractivity contribution in [3.63, 3.8) is 0 Å². The van der Waals surface area contributed by atoms with Crippen LogP contribution in [0, 0.1) is 0 Å². The lowest BCUT2D eigenvalue weighted by molar-refractivity contribution is -0.208. The molecule has 94 valence electrons. The maximum atomic E-state index is 12.7. The summed E-state index contributed by atoms with van der Waals surface area (Å²) in [5.74, 6) is -2.03. The molecule has 1 saturated heterocycles. The van der Waals surface area contributed by atoms with Crippen molar-refractivity contribution < 1.29 is 23.1 Å². The van der Waals surface area contributed by atoms with Crippen molar-refractivity contribution in [2.24, 2.45) is 5.73 Å². The molecule has 1 fully saturated rings. The van der Waals surface area contributed by atoms with E-state index in [9.17, 15) is 18.0 Å². The second-order valence-corrected chi connectivity index (χ2v) is 4.03. The maximum absolute atomic E-state index is 12.7. The monoisotopic (exact) mass is 240 g/mol. The second kappa shape index (κ2) is 4.58. The first-order valence-electron chi connectivity index (χ1n) is 5.12. The summed E-state index contributed by atoms with van der Waals surface area (Å²) in [5, 5.41) is 11.3. The van der Waals surface area contributed by atoms with E-state index in [0.717, 1.165) is 12.8 Å². The highest BCUT2D eigenvalue weighted by Crippen LogP contribution is 2.34. The number of alkyl halides is 3. The number of nitrogens with one attached hydrogen (secondary N) is 1. The van der Waals surface area contributed by atoms with Crippen LogP contribution in [0.1, 0.15) is 25.7 Å². The predicted molar refractivity (Wildman–Crippen MR) is 50.9 cm³/mol. The zero-order valence-electron chi connectivity index (χ0n) is 8.68. The van der Waals surface area contributed by atoms with Gasteiger partial charge in [0.1, 0.15) is 0 Å². The van der Waals surface area contributed by atoms with Crippen molar-refractivity contribution in [1.82, 2.24) is 5.32 Å². The molecule has 0 aliphatic carbocycles. The van der Waals surface area contributed by atoms with E-state index in [4.69, 9.17) is 10.8 Å². The smallest absolute Gasteiger partial charge is 0.418 e. The van der Waals surface area contributed by atoms with Crippen LogP contribution in [-0.4, -0.2) is 35.4 Å². The molecule has 1 aliphatic rings. The Morgan fingerprint density at radius 1 is 1.31 bits per heavy atom. The molecule has 0 amide bonds. The number of carboxylic acid groups (broad SMARTS) is 1. The number of carbonyl (C=O) groups is 1. The Morgan fingerprint density at radius 2 is 1.94 bits per heavy atom. The van der Waals surface area contributed by atoms with E-state index in [1.54, 1.807) is 0 Å². The molecule has 0 radical (unpaired) electrons. The van der Waals surface area contributed by atoms with E-state index in [0.29, 0.717) is 13.0 Å². The summed E-state index contributed by atoms with van der Waals surface area (Å²) >= 11 is 0. The largest absolute Gasteiger partial charge is 0.480 e. The van der Waals surface area contributed by atoms with E-state index in [-0.39, 0.29) is 6.42 Å². The van der Waals surface area contributed by atoms with E-state index in [1.807, 2.05) is 0 Å². The predicted octanol–water partition coefficient (Wildman–Crippen LogP) is 0.863. The van der Waals surface area contributed by atoms with E-state index in [1.165, 1.54) is 0 Å². The molecule has 16 heavy (non-hydrogen) atoms. The van der Waals surface area contributed by atoms with Gasteiger partial charge in [-0.15, -0.1) is 0 Å². The lowest BCUT2D eigenvalue weighted by Crippen LogP contribution is -2.70. The summed E-state index contributed by atoms with van der Waals surface area (Å²) in [6.45, 7) is 0.368. The van der Waals surface area contributed by atoms with Gasteiger partial charge in [0.05, 0.1) is 0 Å². The second-order valence-electron chi connectivity index (χ2n) is 4.03. The van der Waals surface area contributed by atoms with Gasteiger partial charge in [-0.3, -0.25) is 0 Å². The SMILES string of the molecule is NC(C(=O)O)(C1CCCCCN1)C(F)(F)F. The minimum absolute atomic E-state index is 0.127. The van der Waals surface area contributed by atoms with Crippen molar-refractivity contribution in [3.8, 4) is 0 Å². The number of hydrogen-bond donors (Lipinski definition) is 3. The van der Waals surface area contributed by atoms with Gasteiger partial charge in [-0.05, 0) is 19.4 Å². The Labute approximate surface area is 91.0 Å². The third kappa shape index (κ3) is 2.30. The Hall–Kier alpha value is -0.820. The van der Waals surface area contributed by atoms with Crippen molar-refractivity contribution in [2.45, 2.75) is 43.4 Å². The summed E-state index contributed by atoms with van der Waals surface area (Å²) in [7, 11) is 0.